The van der Waals surface area contributed by atoms with E-state index in [-0.39, 0.29) is 5.75 Å². The highest BCUT2D eigenvalue weighted by Gasteiger charge is 2.17. The van der Waals surface area contributed by atoms with Gasteiger partial charge in [-0.2, -0.15) is 8.78 Å². The SMILES string of the molecule is CCC1CCCC(Nc2ccc(OC(F)F)cc2)CC1. The van der Waals surface area contributed by atoms with Crippen molar-refractivity contribution in [3.63, 3.8) is 0 Å². The minimum absolute atomic E-state index is 0.206. The zero-order valence-corrected chi connectivity index (χ0v) is 11.9. The van der Waals surface area contributed by atoms with Crippen LogP contribution < -0.4 is 10.1 Å². The van der Waals surface area contributed by atoms with E-state index in [1.54, 1.807) is 24.3 Å². The largest absolute Gasteiger partial charge is 0.435 e. The summed E-state index contributed by atoms with van der Waals surface area (Å²) in [5, 5.41) is 3.50. The molecule has 4 heteroatoms. The highest BCUT2D eigenvalue weighted by molar-refractivity contribution is 5.47. The molecule has 1 aromatic carbocycles. The number of benzene rings is 1. The van der Waals surface area contributed by atoms with Gasteiger partial charge in [0.1, 0.15) is 5.75 Å². The predicted octanol–water partition coefficient (Wildman–Crippen LogP) is 5.06. The number of nitrogens with one attached hydrogen (secondary N) is 1. The fourth-order valence-electron chi connectivity index (χ4n) is 2.90. The summed E-state index contributed by atoms with van der Waals surface area (Å²) in [7, 11) is 0. The average molecular weight is 283 g/mol. The molecule has 0 amide bonds. The summed E-state index contributed by atoms with van der Waals surface area (Å²) >= 11 is 0. The lowest BCUT2D eigenvalue weighted by Gasteiger charge is -2.18. The second-order valence-corrected chi connectivity index (χ2v) is 5.53. The normalized spacial score (nSPS) is 23.4. The van der Waals surface area contributed by atoms with E-state index in [0.29, 0.717) is 6.04 Å². The molecule has 1 aliphatic rings. The van der Waals surface area contributed by atoms with Crippen molar-refractivity contribution < 1.29 is 13.5 Å². The van der Waals surface area contributed by atoms with Crippen LogP contribution in [-0.2, 0) is 0 Å². The van der Waals surface area contributed by atoms with Gasteiger partial charge in [-0.3, -0.25) is 0 Å². The Labute approximate surface area is 119 Å². The van der Waals surface area contributed by atoms with Crippen molar-refractivity contribution in [1.29, 1.82) is 0 Å². The van der Waals surface area contributed by atoms with Crippen LogP contribution in [0.5, 0.6) is 5.75 Å². The molecule has 2 unspecified atom stereocenters. The molecule has 2 rings (SSSR count). The Morgan fingerprint density at radius 2 is 1.90 bits per heavy atom. The molecule has 0 heterocycles. The molecule has 0 saturated heterocycles. The van der Waals surface area contributed by atoms with E-state index in [2.05, 4.69) is 17.0 Å². The van der Waals surface area contributed by atoms with Crippen LogP contribution in [0.2, 0.25) is 0 Å². The Morgan fingerprint density at radius 1 is 1.15 bits per heavy atom. The topological polar surface area (TPSA) is 21.3 Å². The fourth-order valence-corrected chi connectivity index (χ4v) is 2.90. The van der Waals surface area contributed by atoms with Crippen LogP contribution in [-0.4, -0.2) is 12.7 Å². The van der Waals surface area contributed by atoms with Crippen LogP contribution in [0.1, 0.15) is 45.4 Å². The third kappa shape index (κ3) is 4.66. The average Bonchev–Trinajstić information content (AvgIpc) is 2.65. The fraction of sp³-hybridized carbons (Fsp3) is 0.625. The number of hydrogen-bond acceptors (Lipinski definition) is 2. The lowest BCUT2D eigenvalue weighted by Crippen LogP contribution is -2.18. The number of halogens is 2. The molecule has 0 bridgehead atoms. The lowest BCUT2D eigenvalue weighted by atomic mass is 9.98. The molecule has 112 valence electrons. The van der Waals surface area contributed by atoms with Gasteiger partial charge in [0, 0.05) is 11.7 Å². The second-order valence-electron chi connectivity index (χ2n) is 5.53. The minimum atomic E-state index is -2.76. The third-order valence-electron chi connectivity index (χ3n) is 4.12. The molecule has 0 aromatic heterocycles. The Balaban J connectivity index is 1.86. The molecule has 0 aliphatic heterocycles. The van der Waals surface area contributed by atoms with Gasteiger partial charge in [0.25, 0.3) is 0 Å². The number of ether oxygens (including phenoxy) is 1. The van der Waals surface area contributed by atoms with Gasteiger partial charge in [0.15, 0.2) is 0 Å². The van der Waals surface area contributed by atoms with Crippen molar-refractivity contribution in [3.05, 3.63) is 24.3 Å². The van der Waals surface area contributed by atoms with Gasteiger partial charge in [-0.05, 0) is 49.4 Å². The summed E-state index contributed by atoms with van der Waals surface area (Å²) in [5.41, 5.74) is 0.978. The smallest absolute Gasteiger partial charge is 0.387 e. The first-order valence-corrected chi connectivity index (χ1v) is 7.48. The van der Waals surface area contributed by atoms with Crippen molar-refractivity contribution in [1.82, 2.24) is 0 Å². The van der Waals surface area contributed by atoms with Gasteiger partial charge >= 0.3 is 6.61 Å². The van der Waals surface area contributed by atoms with Crippen LogP contribution >= 0.6 is 0 Å². The molecule has 1 aromatic rings. The summed E-state index contributed by atoms with van der Waals surface area (Å²) in [5.74, 6) is 1.07. The molecule has 0 spiro atoms. The molecule has 20 heavy (non-hydrogen) atoms. The quantitative estimate of drug-likeness (QED) is 0.763. The van der Waals surface area contributed by atoms with Gasteiger partial charge in [-0.15, -0.1) is 0 Å². The highest BCUT2D eigenvalue weighted by Crippen LogP contribution is 2.27. The van der Waals surface area contributed by atoms with Crippen LogP contribution in [0.4, 0.5) is 14.5 Å². The summed E-state index contributed by atoms with van der Waals surface area (Å²) in [6.45, 7) is -0.498. The molecule has 2 nitrogen and oxygen atoms in total. The van der Waals surface area contributed by atoms with Crippen LogP contribution in [0.3, 0.4) is 0 Å². The first-order chi connectivity index (χ1) is 9.67. The first kappa shape index (κ1) is 15.1. The summed E-state index contributed by atoms with van der Waals surface area (Å²) < 4.78 is 28.5. The van der Waals surface area contributed by atoms with Gasteiger partial charge < -0.3 is 10.1 Å². The zero-order chi connectivity index (χ0) is 14.4. The molecule has 1 saturated carbocycles. The summed E-state index contributed by atoms with van der Waals surface area (Å²) in [6.07, 6.45) is 7.52. The van der Waals surface area contributed by atoms with Gasteiger partial charge in [-0.1, -0.05) is 26.2 Å². The molecule has 2 atom stereocenters. The van der Waals surface area contributed by atoms with Gasteiger partial charge in [0.2, 0.25) is 0 Å². The molecular formula is C16H23F2NO. The van der Waals surface area contributed by atoms with Crippen molar-refractivity contribution in [2.24, 2.45) is 5.92 Å². The number of alkyl halides is 2. The van der Waals surface area contributed by atoms with Crippen molar-refractivity contribution in [3.8, 4) is 5.75 Å². The van der Waals surface area contributed by atoms with E-state index in [0.717, 1.165) is 11.6 Å². The van der Waals surface area contributed by atoms with E-state index in [4.69, 9.17) is 0 Å². The Hall–Kier alpha value is -1.32. The van der Waals surface area contributed by atoms with E-state index in [1.165, 1.54) is 38.5 Å². The van der Waals surface area contributed by atoms with E-state index >= 15 is 0 Å². The highest BCUT2D eigenvalue weighted by atomic mass is 19.3. The lowest BCUT2D eigenvalue weighted by molar-refractivity contribution is -0.0498. The number of rotatable bonds is 5. The zero-order valence-electron chi connectivity index (χ0n) is 11.9. The molecule has 1 fully saturated rings. The summed E-state index contributed by atoms with van der Waals surface area (Å²) in [6, 6.07) is 7.27. The maximum absolute atomic E-state index is 12.1. The van der Waals surface area contributed by atoms with Crippen LogP contribution in [0.15, 0.2) is 24.3 Å². The standard InChI is InChI=1S/C16H23F2NO/c1-2-12-4-3-5-13(7-6-12)19-14-8-10-15(11-9-14)20-16(17)18/h8-13,16,19H,2-7H2,1H3. The van der Waals surface area contributed by atoms with Gasteiger partial charge in [-0.25, -0.2) is 0 Å². The van der Waals surface area contributed by atoms with E-state index in [1.807, 2.05) is 0 Å². The monoisotopic (exact) mass is 283 g/mol. The molecule has 1 N–H and O–H groups in total. The van der Waals surface area contributed by atoms with Crippen molar-refractivity contribution in [2.45, 2.75) is 58.1 Å². The molecule has 0 radical (unpaired) electrons. The van der Waals surface area contributed by atoms with E-state index < -0.39 is 6.61 Å². The molecular weight excluding hydrogens is 260 g/mol. The second kappa shape index (κ2) is 7.46. The third-order valence-corrected chi connectivity index (χ3v) is 4.12. The minimum Gasteiger partial charge on any atom is -0.435 e. The maximum Gasteiger partial charge on any atom is 0.387 e. The summed E-state index contributed by atoms with van der Waals surface area (Å²) in [4.78, 5) is 0. The number of hydrogen-bond donors (Lipinski definition) is 1. The first-order valence-electron chi connectivity index (χ1n) is 7.48. The van der Waals surface area contributed by atoms with Crippen LogP contribution in [0.25, 0.3) is 0 Å². The molecule has 1 aliphatic carbocycles. The van der Waals surface area contributed by atoms with Crippen molar-refractivity contribution >= 4 is 5.69 Å². The van der Waals surface area contributed by atoms with E-state index in [9.17, 15) is 8.78 Å². The Morgan fingerprint density at radius 3 is 2.55 bits per heavy atom. The Bertz CT molecular complexity index is 394. The number of anilines is 1. The van der Waals surface area contributed by atoms with Gasteiger partial charge in [0.05, 0.1) is 0 Å². The predicted molar refractivity (Wildman–Crippen MR) is 77.4 cm³/mol. The van der Waals surface area contributed by atoms with Crippen LogP contribution in [0, 0.1) is 5.92 Å². The maximum atomic E-state index is 12.1. The van der Waals surface area contributed by atoms with Crippen molar-refractivity contribution in [2.75, 3.05) is 5.32 Å². The Kier molecular flexibility index (Phi) is 5.62.